The molecule has 0 aliphatic carbocycles. The van der Waals surface area contributed by atoms with Gasteiger partial charge in [0, 0.05) is 44.2 Å². The van der Waals surface area contributed by atoms with Gasteiger partial charge in [-0.15, -0.1) is 0 Å². The van der Waals surface area contributed by atoms with Gasteiger partial charge < -0.3 is 20.3 Å². The van der Waals surface area contributed by atoms with Crippen LogP contribution in [0, 0.1) is 0 Å². The van der Waals surface area contributed by atoms with E-state index in [0.29, 0.717) is 26.1 Å². The Balaban J connectivity index is 1.79. The van der Waals surface area contributed by atoms with Crippen LogP contribution in [-0.4, -0.2) is 55.7 Å². The molecular weight excluding hydrogens is 408 g/mol. The predicted molar refractivity (Wildman–Crippen MR) is 113 cm³/mol. The standard InChI is InChI=1S/C20H31BrN4O2/c1-4-22-19(24-15-20(2)11-7-13-27-20)23-12-10-18(26)25(3)14-16-8-5-6-9-17(16)21/h5-6,8-9H,4,7,10-15H2,1-3H3,(H2,22,23,24). The van der Waals surface area contributed by atoms with E-state index in [-0.39, 0.29) is 11.5 Å². The lowest BCUT2D eigenvalue weighted by molar-refractivity contribution is -0.130. The lowest BCUT2D eigenvalue weighted by Gasteiger charge is -2.22. The molecule has 2 rings (SSSR count). The summed E-state index contributed by atoms with van der Waals surface area (Å²) in [5.41, 5.74) is 0.933. The van der Waals surface area contributed by atoms with Crippen LogP contribution in [0.5, 0.6) is 0 Å². The minimum absolute atomic E-state index is 0.0974. The van der Waals surface area contributed by atoms with E-state index in [1.807, 2.05) is 38.2 Å². The largest absolute Gasteiger partial charge is 0.373 e. The van der Waals surface area contributed by atoms with Gasteiger partial charge in [0.05, 0.1) is 12.1 Å². The molecule has 0 bridgehead atoms. The van der Waals surface area contributed by atoms with Crippen LogP contribution < -0.4 is 10.6 Å². The summed E-state index contributed by atoms with van der Waals surface area (Å²) in [6, 6.07) is 7.96. The molecule has 2 N–H and O–H groups in total. The number of halogens is 1. The van der Waals surface area contributed by atoms with Crippen LogP contribution in [0.4, 0.5) is 0 Å². The zero-order valence-electron chi connectivity index (χ0n) is 16.6. The molecule has 150 valence electrons. The predicted octanol–water partition coefficient (Wildman–Crippen LogP) is 2.92. The second kappa shape index (κ2) is 10.7. The zero-order chi connectivity index (χ0) is 19.7. The Morgan fingerprint density at radius 3 is 2.81 bits per heavy atom. The Morgan fingerprint density at radius 1 is 1.37 bits per heavy atom. The van der Waals surface area contributed by atoms with Gasteiger partial charge >= 0.3 is 0 Å². The summed E-state index contributed by atoms with van der Waals surface area (Å²) in [7, 11) is 1.83. The Bertz CT molecular complexity index is 645. The topological polar surface area (TPSA) is 66.0 Å². The van der Waals surface area contributed by atoms with Crippen molar-refractivity contribution >= 4 is 27.8 Å². The summed E-state index contributed by atoms with van der Waals surface area (Å²) in [5, 5.41) is 6.48. The fourth-order valence-electron chi connectivity index (χ4n) is 3.00. The highest BCUT2D eigenvalue weighted by atomic mass is 79.9. The maximum absolute atomic E-state index is 12.4. The van der Waals surface area contributed by atoms with Crippen molar-refractivity contribution in [3.8, 4) is 0 Å². The molecule has 27 heavy (non-hydrogen) atoms. The second-order valence-electron chi connectivity index (χ2n) is 7.12. The maximum Gasteiger partial charge on any atom is 0.224 e. The molecule has 1 heterocycles. The number of guanidine groups is 1. The van der Waals surface area contributed by atoms with Crippen molar-refractivity contribution in [1.82, 2.24) is 15.5 Å². The van der Waals surface area contributed by atoms with E-state index in [9.17, 15) is 4.79 Å². The summed E-state index contributed by atoms with van der Waals surface area (Å²) in [6.45, 7) is 7.48. The highest BCUT2D eigenvalue weighted by molar-refractivity contribution is 9.10. The van der Waals surface area contributed by atoms with Crippen LogP contribution in [0.2, 0.25) is 0 Å². The normalized spacial score (nSPS) is 19.8. The number of benzene rings is 1. The van der Waals surface area contributed by atoms with Crippen LogP contribution >= 0.6 is 15.9 Å². The molecule has 1 aromatic rings. The van der Waals surface area contributed by atoms with Crippen molar-refractivity contribution in [2.75, 3.05) is 33.3 Å². The average Bonchev–Trinajstić information content (AvgIpc) is 3.08. The molecule has 6 nitrogen and oxygen atoms in total. The van der Waals surface area contributed by atoms with Crippen LogP contribution in [0.25, 0.3) is 0 Å². The first-order chi connectivity index (χ1) is 12.9. The number of ether oxygens (including phenoxy) is 1. The smallest absolute Gasteiger partial charge is 0.224 e. The van der Waals surface area contributed by atoms with E-state index in [2.05, 4.69) is 38.5 Å². The van der Waals surface area contributed by atoms with Gasteiger partial charge in [0.25, 0.3) is 0 Å². The number of amides is 1. The van der Waals surface area contributed by atoms with Crippen molar-refractivity contribution in [3.05, 3.63) is 34.3 Å². The quantitative estimate of drug-likeness (QED) is 0.483. The van der Waals surface area contributed by atoms with Gasteiger partial charge in [-0.05, 0) is 38.3 Å². The first-order valence-corrected chi connectivity index (χ1v) is 10.4. The third-order valence-corrected chi connectivity index (χ3v) is 5.41. The van der Waals surface area contributed by atoms with E-state index >= 15 is 0 Å². The molecular formula is C20H31BrN4O2. The van der Waals surface area contributed by atoms with Crippen molar-refractivity contribution < 1.29 is 9.53 Å². The van der Waals surface area contributed by atoms with E-state index in [1.54, 1.807) is 4.90 Å². The molecule has 1 fully saturated rings. The maximum atomic E-state index is 12.4. The average molecular weight is 439 g/mol. The fourth-order valence-corrected chi connectivity index (χ4v) is 3.41. The van der Waals surface area contributed by atoms with Crippen molar-refractivity contribution in [1.29, 1.82) is 0 Å². The number of hydrogen-bond acceptors (Lipinski definition) is 3. The second-order valence-corrected chi connectivity index (χ2v) is 7.97. The van der Waals surface area contributed by atoms with Crippen LogP contribution in [0.1, 0.15) is 38.7 Å². The Morgan fingerprint density at radius 2 is 2.15 bits per heavy atom. The van der Waals surface area contributed by atoms with Gasteiger partial charge in [0.1, 0.15) is 0 Å². The lowest BCUT2D eigenvalue weighted by atomic mass is 10.0. The number of aliphatic imine (C=N–C) groups is 1. The summed E-state index contributed by atoms with van der Waals surface area (Å²) in [4.78, 5) is 18.8. The monoisotopic (exact) mass is 438 g/mol. The van der Waals surface area contributed by atoms with E-state index < -0.39 is 0 Å². The third kappa shape index (κ3) is 7.14. The van der Waals surface area contributed by atoms with Gasteiger partial charge in [-0.25, -0.2) is 0 Å². The molecule has 1 saturated heterocycles. The van der Waals surface area contributed by atoms with Crippen molar-refractivity contribution in [2.45, 2.75) is 45.3 Å². The number of nitrogens with one attached hydrogen (secondary N) is 2. The Hall–Kier alpha value is -1.60. The highest BCUT2D eigenvalue weighted by Crippen LogP contribution is 2.25. The number of hydrogen-bond donors (Lipinski definition) is 2. The van der Waals surface area contributed by atoms with Crippen molar-refractivity contribution in [3.63, 3.8) is 0 Å². The summed E-state index contributed by atoms with van der Waals surface area (Å²) in [6.07, 6.45) is 2.54. The van der Waals surface area contributed by atoms with E-state index in [0.717, 1.165) is 42.0 Å². The van der Waals surface area contributed by atoms with Gasteiger partial charge in [0.2, 0.25) is 5.91 Å². The molecule has 0 saturated carbocycles. The Kier molecular flexibility index (Phi) is 8.57. The number of carbonyl (C=O) groups is 1. The van der Waals surface area contributed by atoms with E-state index in [1.165, 1.54) is 0 Å². The molecule has 7 heteroatoms. The molecule has 0 spiro atoms. The molecule has 1 amide bonds. The molecule has 0 radical (unpaired) electrons. The Labute approximate surface area is 170 Å². The minimum atomic E-state index is -0.165. The molecule has 1 atom stereocenters. The molecule has 1 aliphatic heterocycles. The first kappa shape index (κ1) is 21.7. The zero-order valence-corrected chi connectivity index (χ0v) is 18.1. The van der Waals surface area contributed by atoms with Crippen LogP contribution in [-0.2, 0) is 16.1 Å². The van der Waals surface area contributed by atoms with Crippen molar-refractivity contribution in [2.24, 2.45) is 4.99 Å². The fraction of sp³-hybridized carbons (Fsp3) is 0.600. The number of nitrogens with zero attached hydrogens (tertiary/aromatic N) is 2. The summed E-state index contributed by atoms with van der Waals surface area (Å²) >= 11 is 3.53. The highest BCUT2D eigenvalue weighted by Gasteiger charge is 2.29. The summed E-state index contributed by atoms with van der Waals surface area (Å²) in [5.74, 6) is 0.829. The van der Waals surface area contributed by atoms with Crippen LogP contribution in [0.15, 0.2) is 33.7 Å². The third-order valence-electron chi connectivity index (χ3n) is 4.64. The van der Waals surface area contributed by atoms with Crippen LogP contribution in [0.3, 0.4) is 0 Å². The lowest BCUT2D eigenvalue weighted by Crippen LogP contribution is -2.41. The van der Waals surface area contributed by atoms with Gasteiger partial charge in [-0.1, -0.05) is 34.1 Å². The minimum Gasteiger partial charge on any atom is -0.373 e. The number of rotatable bonds is 8. The first-order valence-electron chi connectivity index (χ1n) is 9.57. The number of carbonyl (C=O) groups excluding carboxylic acids is 1. The SMILES string of the molecule is CCNC(=NCC1(C)CCCO1)NCCC(=O)N(C)Cc1ccccc1Br. The molecule has 0 aromatic heterocycles. The van der Waals surface area contributed by atoms with Gasteiger partial charge in [0.15, 0.2) is 5.96 Å². The van der Waals surface area contributed by atoms with Gasteiger partial charge in [-0.2, -0.15) is 0 Å². The molecule has 1 aliphatic rings. The van der Waals surface area contributed by atoms with E-state index in [4.69, 9.17) is 4.74 Å². The molecule has 1 unspecified atom stereocenters. The van der Waals surface area contributed by atoms with Gasteiger partial charge in [-0.3, -0.25) is 9.79 Å². The summed E-state index contributed by atoms with van der Waals surface area (Å²) < 4.78 is 6.80. The molecule has 1 aromatic carbocycles.